The van der Waals surface area contributed by atoms with Crippen LogP contribution < -0.4 is 0 Å². The number of hydrogen-bond acceptors (Lipinski definition) is 2. The molecule has 1 aromatic rings. The van der Waals surface area contributed by atoms with Crippen LogP contribution >= 0.6 is 15.9 Å². The minimum absolute atomic E-state index is 0.0690. The largest absolute Gasteiger partial charge is 0.372 e. The second-order valence-corrected chi connectivity index (χ2v) is 5.30. The van der Waals surface area contributed by atoms with E-state index in [9.17, 15) is 4.79 Å². The Balaban J connectivity index is 2.17. The van der Waals surface area contributed by atoms with Gasteiger partial charge in [-0.05, 0) is 41.9 Å². The number of halogens is 1. The van der Waals surface area contributed by atoms with Crippen molar-refractivity contribution in [3.8, 4) is 0 Å². The normalized spacial score (nSPS) is 24.8. The number of amides is 1. The van der Waals surface area contributed by atoms with Crippen molar-refractivity contribution in [1.82, 2.24) is 4.90 Å². The van der Waals surface area contributed by atoms with E-state index in [-0.39, 0.29) is 18.1 Å². The first-order valence-electron chi connectivity index (χ1n) is 5.77. The van der Waals surface area contributed by atoms with E-state index in [0.29, 0.717) is 18.7 Å². The summed E-state index contributed by atoms with van der Waals surface area (Å²) in [6.45, 7) is 5.31. The summed E-state index contributed by atoms with van der Waals surface area (Å²) in [6.07, 6.45) is 0.204. The molecule has 1 aliphatic heterocycles. The molecule has 17 heavy (non-hydrogen) atoms. The molecular formula is C13H16BrNO2. The highest BCUT2D eigenvalue weighted by Gasteiger charge is 2.27. The maximum absolute atomic E-state index is 12.4. The van der Waals surface area contributed by atoms with Crippen molar-refractivity contribution in [3.63, 3.8) is 0 Å². The zero-order valence-electron chi connectivity index (χ0n) is 10.0. The summed E-state index contributed by atoms with van der Waals surface area (Å²) in [7, 11) is 0. The molecule has 0 saturated carbocycles. The Morgan fingerprint density at radius 1 is 1.29 bits per heavy atom. The fourth-order valence-corrected chi connectivity index (χ4v) is 2.60. The molecule has 0 bridgehead atoms. The summed E-state index contributed by atoms with van der Waals surface area (Å²) >= 11 is 3.41. The fourth-order valence-electron chi connectivity index (χ4n) is 2.15. The van der Waals surface area contributed by atoms with Gasteiger partial charge in [0.2, 0.25) is 0 Å². The molecule has 4 heteroatoms. The van der Waals surface area contributed by atoms with Crippen LogP contribution in [0.2, 0.25) is 0 Å². The lowest BCUT2D eigenvalue weighted by Crippen LogP contribution is -2.48. The molecule has 1 aromatic carbocycles. The molecule has 2 unspecified atom stereocenters. The van der Waals surface area contributed by atoms with Gasteiger partial charge in [-0.15, -0.1) is 0 Å². The van der Waals surface area contributed by atoms with Gasteiger partial charge in [0.1, 0.15) is 0 Å². The van der Waals surface area contributed by atoms with E-state index >= 15 is 0 Å². The van der Waals surface area contributed by atoms with E-state index in [1.165, 1.54) is 0 Å². The van der Waals surface area contributed by atoms with Gasteiger partial charge >= 0.3 is 0 Å². The number of ether oxygens (including phenoxy) is 1. The zero-order chi connectivity index (χ0) is 12.4. The molecule has 0 aromatic heterocycles. The molecule has 3 nitrogen and oxygen atoms in total. The predicted molar refractivity (Wildman–Crippen MR) is 70.1 cm³/mol. The topological polar surface area (TPSA) is 29.5 Å². The van der Waals surface area contributed by atoms with Crippen molar-refractivity contribution in [1.29, 1.82) is 0 Å². The average molecular weight is 298 g/mol. The van der Waals surface area contributed by atoms with Crippen molar-refractivity contribution in [2.45, 2.75) is 26.1 Å². The highest BCUT2D eigenvalue weighted by atomic mass is 79.9. The summed E-state index contributed by atoms with van der Waals surface area (Å²) in [5.74, 6) is 0.0690. The summed E-state index contributed by atoms with van der Waals surface area (Å²) in [6, 6.07) is 7.52. The van der Waals surface area contributed by atoms with Gasteiger partial charge in [0.15, 0.2) is 0 Å². The minimum atomic E-state index is 0.0690. The van der Waals surface area contributed by atoms with E-state index in [1.54, 1.807) is 0 Å². The monoisotopic (exact) mass is 297 g/mol. The van der Waals surface area contributed by atoms with Gasteiger partial charge in [0.25, 0.3) is 5.91 Å². The van der Waals surface area contributed by atoms with Crippen molar-refractivity contribution in [3.05, 3.63) is 34.3 Å². The predicted octanol–water partition coefficient (Wildman–Crippen LogP) is 2.70. The molecule has 92 valence electrons. The van der Waals surface area contributed by atoms with Crippen LogP contribution in [0.5, 0.6) is 0 Å². The van der Waals surface area contributed by atoms with Crippen LogP contribution in [0.25, 0.3) is 0 Å². The minimum Gasteiger partial charge on any atom is -0.372 e. The van der Waals surface area contributed by atoms with Crippen LogP contribution in [0.4, 0.5) is 0 Å². The number of benzene rings is 1. The summed E-state index contributed by atoms with van der Waals surface area (Å²) < 4.78 is 6.47. The van der Waals surface area contributed by atoms with Crippen molar-refractivity contribution >= 4 is 21.8 Å². The van der Waals surface area contributed by atoms with Crippen LogP contribution in [-0.2, 0) is 4.74 Å². The number of carbonyl (C=O) groups is 1. The quantitative estimate of drug-likeness (QED) is 0.798. The first-order valence-corrected chi connectivity index (χ1v) is 6.56. The Morgan fingerprint density at radius 3 is 2.47 bits per heavy atom. The standard InChI is InChI=1S/C13H16BrNO2/c1-9-7-15(8-10(2)17-9)13(16)11-5-3-4-6-12(11)14/h3-6,9-10H,7-8H2,1-2H3. The molecule has 0 spiro atoms. The van der Waals surface area contributed by atoms with Gasteiger partial charge in [0.05, 0.1) is 17.8 Å². The lowest BCUT2D eigenvalue weighted by Gasteiger charge is -2.35. The van der Waals surface area contributed by atoms with Gasteiger partial charge in [-0.25, -0.2) is 0 Å². The van der Waals surface area contributed by atoms with Crippen LogP contribution in [0.1, 0.15) is 24.2 Å². The highest BCUT2D eigenvalue weighted by molar-refractivity contribution is 9.10. The van der Waals surface area contributed by atoms with Crippen LogP contribution in [0, 0.1) is 0 Å². The average Bonchev–Trinajstić information content (AvgIpc) is 2.27. The highest BCUT2D eigenvalue weighted by Crippen LogP contribution is 2.20. The van der Waals surface area contributed by atoms with Crippen molar-refractivity contribution in [2.75, 3.05) is 13.1 Å². The first-order chi connectivity index (χ1) is 8.08. The summed E-state index contributed by atoms with van der Waals surface area (Å²) in [4.78, 5) is 14.2. The van der Waals surface area contributed by atoms with Crippen LogP contribution in [-0.4, -0.2) is 36.1 Å². The maximum Gasteiger partial charge on any atom is 0.255 e. The van der Waals surface area contributed by atoms with Gasteiger partial charge in [-0.2, -0.15) is 0 Å². The summed E-state index contributed by atoms with van der Waals surface area (Å²) in [5.41, 5.74) is 0.716. The van der Waals surface area contributed by atoms with Gasteiger partial charge in [-0.3, -0.25) is 4.79 Å². The van der Waals surface area contributed by atoms with Gasteiger partial charge in [-0.1, -0.05) is 12.1 Å². The SMILES string of the molecule is CC1CN(C(=O)c2ccccc2Br)CC(C)O1. The molecule has 1 heterocycles. The van der Waals surface area contributed by atoms with Crippen molar-refractivity contribution in [2.24, 2.45) is 0 Å². The first kappa shape index (κ1) is 12.6. The Bertz CT molecular complexity index is 412. The summed E-state index contributed by atoms with van der Waals surface area (Å²) in [5, 5.41) is 0. The van der Waals surface area contributed by atoms with E-state index in [4.69, 9.17) is 4.74 Å². The Labute approximate surface area is 110 Å². The molecular weight excluding hydrogens is 282 g/mol. The molecule has 1 aliphatic rings. The van der Waals surface area contributed by atoms with E-state index in [1.807, 2.05) is 43.0 Å². The van der Waals surface area contributed by atoms with E-state index in [0.717, 1.165) is 4.47 Å². The molecule has 2 atom stereocenters. The molecule has 0 N–H and O–H groups in total. The zero-order valence-corrected chi connectivity index (χ0v) is 11.6. The fraction of sp³-hybridized carbons (Fsp3) is 0.462. The molecule has 1 amide bonds. The Hall–Kier alpha value is -0.870. The molecule has 0 aliphatic carbocycles. The Kier molecular flexibility index (Phi) is 3.84. The van der Waals surface area contributed by atoms with E-state index in [2.05, 4.69) is 15.9 Å². The number of carbonyl (C=O) groups excluding carboxylic acids is 1. The molecule has 0 radical (unpaired) electrons. The lowest BCUT2D eigenvalue weighted by molar-refractivity contribution is -0.0586. The molecule has 1 fully saturated rings. The Morgan fingerprint density at radius 2 is 1.88 bits per heavy atom. The van der Waals surface area contributed by atoms with Crippen LogP contribution in [0.15, 0.2) is 28.7 Å². The third-order valence-corrected chi connectivity index (χ3v) is 3.50. The van der Waals surface area contributed by atoms with Crippen molar-refractivity contribution < 1.29 is 9.53 Å². The van der Waals surface area contributed by atoms with Crippen LogP contribution in [0.3, 0.4) is 0 Å². The molecule has 2 rings (SSSR count). The third-order valence-electron chi connectivity index (χ3n) is 2.81. The number of nitrogens with zero attached hydrogens (tertiary/aromatic N) is 1. The second-order valence-electron chi connectivity index (χ2n) is 4.45. The smallest absolute Gasteiger partial charge is 0.255 e. The second kappa shape index (κ2) is 5.19. The number of morpholine rings is 1. The maximum atomic E-state index is 12.4. The number of rotatable bonds is 1. The number of hydrogen-bond donors (Lipinski definition) is 0. The van der Waals surface area contributed by atoms with E-state index < -0.39 is 0 Å². The molecule has 1 saturated heterocycles. The third kappa shape index (κ3) is 2.87. The van der Waals surface area contributed by atoms with Gasteiger partial charge in [0, 0.05) is 17.6 Å². The van der Waals surface area contributed by atoms with Gasteiger partial charge < -0.3 is 9.64 Å². The lowest BCUT2D eigenvalue weighted by atomic mass is 10.1.